The van der Waals surface area contributed by atoms with Crippen LogP contribution in [0.5, 0.6) is 11.5 Å². The zero-order chi connectivity index (χ0) is 14.0. The number of aromatic carboxylic acids is 1. The van der Waals surface area contributed by atoms with Gasteiger partial charge in [0.15, 0.2) is 0 Å². The van der Waals surface area contributed by atoms with Crippen molar-refractivity contribution in [3.8, 4) is 11.5 Å². The first kappa shape index (κ1) is 13.4. The van der Waals surface area contributed by atoms with E-state index in [0.29, 0.717) is 17.2 Å². The summed E-state index contributed by atoms with van der Waals surface area (Å²) in [5.41, 5.74) is 7.18. The molecule has 0 atom stereocenters. The number of carboxylic acids is 1. The van der Waals surface area contributed by atoms with Crippen molar-refractivity contribution in [2.24, 2.45) is 0 Å². The van der Waals surface area contributed by atoms with Crippen LogP contribution in [0.1, 0.15) is 15.9 Å². The summed E-state index contributed by atoms with van der Waals surface area (Å²) in [7, 11) is 0. The molecule has 2 aromatic rings. The van der Waals surface area contributed by atoms with E-state index in [2.05, 4.69) is 15.9 Å². The number of ether oxygens (including phenoxy) is 1. The minimum Gasteiger partial charge on any atom is -0.478 e. The van der Waals surface area contributed by atoms with Crippen molar-refractivity contribution in [2.45, 2.75) is 6.92 Å². The van der Waals surface area contributed by atoms with Gasteiger partial charge >= 0.3 is 5.97 Å². The molecule has 4 nitrogen and oxygen atoms in total. The maximum Gasteiger partial charge on any atom is 0.335 e. The Bertz CT molecular complexity index is 641. The second-order valence-electron chi connectivity index (χ2n) is 4.07. The highest BCUT2D eigenvalue weighted by Crippen LogP contribution is 2.31. The minimum atomic E-state index is -1.02. The van der Waals surface area contributed by atoms with E-state index in [1.165, 1.54) is 12.1 Å². The number of aryl methyl sites for hydroxylation is 1. The van der Waals surface area contributed by atoms with Gasteiger partial charge in [0, 0.05) is 4.47 Å². The molecule has 0 radical (unpaired) electrons. The molecule has 3 N–H and O–H groups in total. The van der Waals surface area contributed by atoms with Crippen LogP contribution in [0.3, 0.4) is 0 Å². The standard InChI is InChI=1S/C14H12BrNO3/c1-8-2-4-10(15)7-13(8)19-12-5-3-9(14(17)18)6-11(12)16/h2-7H,16H2,1H3,(H,17,18). The van der Waals surface area contributed by atoms with Crippen LogP contribution >= 0.6 is 15.9 Å². The number of hydrogen-bond donors (Lipinski definition) is 2. The van der Waals surface area contributed by atoms with Crippen molar-refractivity contribution in [1.82, 2.24) is 0 Å². The van der Waals surface area contributed by atoms with Gasteiger partial charge in [0.05, 0.1) is 11.3 Å². The first-order valence-corrected chi connectivity index (χ1v) is 6.33. The highest BCUT2D eigenvalue weighted by Gasteiger charge is 2.09. The van der Waals surface area contributed by atoms with Crippen molar-refractivity contribution >= 4 is 27.6 Å². The number of hydrogen-bond acceptors (Lipinski definition) is 3. The van der Waals surface area contributed by atoms with Gasteiger partial charge in [-0.1, -0.05) is 22.0 Å². The molecule has 98 valence electrons. The summed E-state index contributed by atoms with van der Waals surface area (Å²) in [5, 5.41) is 8.87. The summed E-state index contributed by atoms with van der Waals surface area (Å²) >= 11 is 3.37. The number of nitrogen functional groups attached to an aromatic ring is 1. The Kier molecular flexibility index (Phi) is 3.76. The molecule has 0 heterocycles. The van der Waals surface area contributed by atoms with Crippen molar-refractivity contribution in [2.75, 3.05) is 5.73 Å². The lowest BCUT2D eigenvalue weighted by Crippen LogP contribution is -1.99. The summed E-state index contributed by atoms with van der Waals surface area (Å²) in [4.78, 5) is 10.8. The summed E-state index contributed by atoms with van der Waals surface area (Å²) < 4.78 is 6.60. The second-order valence-corrected chi connectivity index (χ2v) is 4.99. The fourth-order valence-corrected chi connectivity index (χ4v) is 1.92. The van der Waals surface area contributed by atoms with Crippen LogP contribution in [0.25, 0.3) is 0 Å². The number of benzene rings is 2. The van der Waals surface area contributed by atoms with Gasteiger partial charge in [-0.05, 0) is 42.8 Å². The predicted octanol–water partition coefficient (Wildman–Crippen LogP) is 3.83. The van der Waals surface area contributed by atoms with Crippen molar-refractivity contribution in [1.29, 1.82) is 0 Å². The van der Waals surface area contributed by atoms with Crippen LogP contribution in [0.15, 0.2) is 40.9 Å². The monoisotopic (exact) mass is 321 g/mol. The molecule has 0 aromatic heterocycles. The summed E-state index contributed by atoms with van der Waals surface area (Å²) in [6.07, 6.45) is 0. The Hall–Kier alpha value is -2.01. The lowest BCUT2D eigenvalue weighted by atomic mass is 10.2. The Morgan fingerprint density at radius 3 is 2.58 bits per heavy atom. The van der Waals surface area contributed by atoms with Gasteiger partial charge in [-0.15, -0.1) is 0 Å². The van der Waals surface area contributed by atoms with E-state index >= 15 is 0 Å². The molecule has 5 heteroatoms. The van der Waals surface area contributed by atoms with E-state index in [9.17, 15) is 4.79 Å². The maximum atomic E-state index is 10.8. The molecule has 0 saturated carbocycles. The number of carboxylic acid groups (broad SMARTS) is 1. The number of halogens is 1. The molecule has 0 saturated heterocycles. The maximum absolute atomic E-state index is 10.8. The first-order valence-electron chi connectivity index (χ1n) is 5.54. The van der Waals surface area contributed by atoms with Gasteiger partial charge in [-0.25, -0.2) is 4.79 Å². The van der Waals surface area contributed by atoms with Crippen LogP contribution in [0, 0.1) is 6.92 Å². The van der Waals surface area contributed by atoms with Gasteiger partial charge in [0.1, 0.15) is 11.5 Å². The molecule has 19 heavy (non-hydrogen) atoms. The average Bonchev–Trinajstić information content (AvgIpc) is 2.36. The third kappa shape index (κ3) is 3.06. The molecule has 2 rings (SSSR count). The van der Waals surface area contributed by atoms with Crippen LogP contribution in [0.2, 0.25) is 0 Å². The van der Waals surface area contributed by atoms with E-state index in [0.717, 1.165) is 10.0 Å². The van der Waals surface area contributed by atoms with Crippen LogP contribution in [-0.2, 0) is 0 Å². The Morgan fingerprint density at radius 1 is 1.21 bits per heavy atom. The van der Waals surface area contributed by atoms with Crippen molar-refractivity contribution in [3.05, 3.63) is 52.0 Å². The smallest absolute Gasteiger partial charge is 0.335 e. The highest BCUT2D eigenvalue weighted by molar-refractivity contribution is 9.10. The Labute approximate surface area is 118 Å². The number of rotatable bonds is 3. The van der Waals surface area contributed by atoms with Gasteiger partial charge in [-0.3, -0.25) is 0 Å². The van der Waals surface area contributed by atoms with Gasteiger partial charge < -0.3 is 15.6 Å². The third-order valence-corrected chi connectivity index (χ3v) is 3.12. The molecule has 0 aliphatic rings. The largest absolute Gasteiger partial charge is 0.478 e. The van der Waals surface area contributed by atoms with Crippen molar-refractivity contribution < 1.29 is 14.6 Å². The minimum absolute atomic E-state index is 0.135. The average molecular weight is 322 g/mol. The van der Waals surface area contributed by atoms with E-state index < -0.39 is 5.97 Å². The first-order chi connectivity index (χ1) is 8.97. The lowest BCUT2D eigenvalue weighted by Gasteiger charge is -2.11. The quantitative estimate of drug-likeness (QED) is 0.843. The summed E-state index contributed by atoms with van der Waals surface area (Å²) in [5.74, 6) is 0.0900. The molecule has 0 amide bonds. The second kappa shape index (κ2) is 5.32. The molecule has 0 unspecified atom stereocenters. The zero-order valence-corrected chi connectivity index (χ0v) is 11.8. The number of carbonyl (C=O) groups is 1. The van der Waals surface area contributed by atoms with Crippen LogP contribution in [0.4, 0.5) is 5.69 Å². The van der Waals surface area contributed by atoms with Crippen molar-refractivity contribution in [3.63, 3.8) is 0 Å². The molecule has 0 aliphatic carbocycles. The predicted molar refractivity (Wildman–Crippen MR) is 76.8 cm³/mol. The highest BCUT2D eigenvalue weighted by atomic mass is 79.9. The Balaban J connectivity index is 2.33. The number of nitrogens with two attached hydrogens (primary N) is 1. The van der Waals surface area contributed by atoms with Crippen LogP contribution in [-0.4, -0.2) is 11.1 Å². The molecule has 0 bridgehead atoms. The normalized spacial score (nSPS) is 10.2. The molecule has 0 spiro atoms. The zero-order valence-electron chi connectivity index (χ0n) is 10.2. The van der Waals surface area contributed by atoms with E-state index in [4.69, 9.17) is 15.6 Å². The SMILES string of the molecule is Cc1ccc(Br)cc1Oc1ccc(C(=O)O)cc1N. The molecule has 2 aromatic carbocycles. The van der Waals surface area contributed by atoms with E-state index in [1.807, 2.05) is 25.1 Å². The van der Waals surface area contributed by atoms with Crippen LogP contribution < -0.4 is 10.5 Å². The van der Waals surface area contributed by atoms with Gasteiger partial charge in [0.2, 0.25) is 0 Å². The Morgan fingerprint density at radius 2 is 1.95 bits per heavy atom. The van der Waals surface area contributed by atoms with E-state index in [-0.39, 0.29) is 5.56 Å². The summed E-state index contributed by atoms with van der Waals surface area (Å²) in [6, 6.07) is 10.1. The molecular weight excluding hydrogens is 310 g/mol. The summed E-state index contributed by atoms with van der Waals surface area (Å²) in [6.45, 7) is 1.92. The number of anilines is 1. The topological polar surface area (TPSA) is 72.5 Å². The fourth-order valence-electron chi connectivity index (χ4n) is 1.58. The molecular formula is C14H12BrNO3. The fraction of sp³-hybridized carbons (Fsp3) is 0.0714. The van der Waals surface area contributed by atoms with E-state index in [1.54, 1.807) is 6.07 Å². The van der Waals surface area contributed by atoms with Gasteiger partial charge in [-0.2, -0.15) is 0 Å². The van der Waals surface area contributed by atoms with Gasteiger partial charge in [0.25, 0.3) is 0 Å². The third-order valence-electron chi connectivity index (χ3n) is 2.63. The molecule has 0 fully saturated rings. The molecule has 0 aliphatic heterocycles. The lowest BCUT2D eigenvalue weighted by molar-refractivity contribution is 0.0697.